The smallest absolute Gasteiger partial charge is 0.239 e. The van der Waals surface area contributed by atoms with Crippen LogP contribution in [0.1, 0.15) is 36.8 Å². The van der Waals surface area contributed by atoms with E-state index < -0.39 is 0 Å². The fourth-order valence-corrected chi connectivity index (χ4v) is 4.74. The Kier molecular flexibility index (Phi) is 8.06. The molecular weight excluding hydrogens is 490 g/mol. The molecule has 5 rings (SSSR count). The van der Waals surface area contributed by atoms with Crippen molar-refractivity contribution in [3.8, 4) is 17.6 Å². The molecule has 2 fully saturated rings. The van der Waals surface area contributed by atoms with Gasteiger partial charge in [0, 0.05) is 31.5 Å². The number of nitriles is 1. The van der Waals surface area contributed by atoms with E-state index in [9.17, 15) is 10.1 Å². The van der Waals surface area contributed by atoms with E-state index in [-0.39, 0.29) is 29.9 Å². The number of rotatable bonds is 10. The molecule has 5 N–H and O–H groups in total. The van der Waals surface area contributed by atoms with Gasteiger partial charge in [0.1, 0.15) is 35.3 Å². The number of aromatic nitrogens is 2. The van der Waals surface area contributed by atoms with Gasteiger partial charge in [0.15, 0.2) is 5.78 Å². The number of likely N-dealkylation sites (tertiary alicyclic amines) is 1. The van der Waals surface area contributed by atoms with Crippen molar-refractivity contribution in [3.63, 3.8) is 0 Å². The Balaban J connectivity index is 1.21. The molecule has 0 amide bonds. The van der Waals surface area contributed by atoms with Gasteiger partial charge in [-0.2, -0.15) is 10.2 Å². The molecule has 0 bridgehead atoms. The molecule has 9 nitrogen and oxygen atoms in total. The SMILES string of the molecule is N#CC(=CC1CC1)C(=O)CN1CCC([NH2+]c2ncnc(N)c2C(=N)c2ccc(Oc3ccccc3)cc2)CC1. The summed E-state index contributed by atoms with van der Waals surface area (Å²) in [4.78, 5) is 23.3. The number of nitrogens with zero attached hydrogens (tertiary/aromatic N) is 4. The Morgan fingerprint density at radius 2 is 1.77 bits per heavy atom. The fourth-order valence-electron chi connectivity index (χ4n) is 4.74. The number of benzene rings is 2. The highest BCUT2D eigenvalue weighted by atomic mass is 16.5. The Labute approximate surface area is 227 Å². The molecule has 1 aliphatic heterocycles. The summed E-state index contributed by atoms with van der Waals surface area (Å²) in [7, 11) is 0. The van der Waals surface area contributed by atoms with Crippen LogP contribution >= 0.6 is 0 Å². The maximum Gasteiger partial charge on any atom is 0.239 e. The van der Waals surface area contributed by atoms with Crippen molar-refractivity contribution in [1.82, 2.24) is 14.9 Å². The lowest BCUT2D eigenvalue weighted by atomic mass is 10.0. The number of quaternary nitrogens is 1. The van der Waals surface area contributed by atoms with Crippen LogP contribution in [0.5, 0.6) is 11.5 Å². The van der Waals surface area contributed by atoms with Crippen LogP contribution in [0.25, 0.3) is 0 Å². The van der Waals surface area contributed by atoms with Gasteiger partial charge in [-0.25, -0.2) is 4.98 Å². The minimum atomic E-state index is -0.0914. The summed E-state index contributed by atoms with van der Waals surface area (Å²) in [5.74, 6) is 2.64. The Hall–Kier alpha value is -4.39. The van der Waals surface area contributed by atoms with Gasteiger partial charge in [0.05, 0.1) is 23.9 Å². The number of Topliss-reactive ketones (excluding diaryl/α,β-unsaturated/α-hetero) is 1. The third-order valence-corrected chi connectivity index (χ3v) is 7.12. The van der Waals surface area contributed by atoms with Crippen LogP contribution in [0.15, 0.2) is 72.6 Å². The molecule has 3 aromatic rings. The van der Waals surface area contributed by atoms with Gasteiger partial charge >= 0.3 is 0 Å². The quantitative estimate of drug-likeness (QED) is 0.210. The maximum absolute atomic E-state index is 12.6. The van der Waals surface area contributed by atoms with Crippen LogP contribution in [0.3, 0.4) is 0 Å². The zero-order chi connectivity index (χ0) is 27.2. The van der Waals surface area contributed by atoms with Gasteiger partial charge < -0.3 is 10.5 Å². The topological polar surface area (TPSA) is 146 Å². The molecule has 0 spiro atoms. The molecule has 198 valence electrons. The summed E-state index contributed by atoms with van der Waals surface area (Å²) in [5, 5.41) is 20.3. The van der Waals surface area contributed by atoms with Gasteiger partial charge in [0.25, 0.3) is 0 Å². The van der Waals surface area contributed by atoms with E-state index >= 15 is 0 Å². The number of anilines is 1. The Morgan fingerprint density at radius 1 is 1.08 bits per heavy atom. The van der Waals surface area contributed by atoms with E-state index in [4.69, 9.17) is 15.9 Å². The van der Waals surface area contributed by atoms with Crippen molar-refractivity contribution in [1.29, 1.82) is 10.7 Å². The monoisotopic (exact) mass is 522 g/mol. The molecule has 2 heterocycles. The first-order valence-corrected chi connectivity index (χ1v) is 13.2. The van der Waals surface area contributed by atoms with Crippen molar-refractivity contribution < 1.29 is 14.8 Å². The largest absolute Gasteiger partial charge is 0.457 e. The molecule has 1 aliphatic carbocycles. The third kappa shape index (κ3) is 6.74. The number of nitrogen functional groups attached to an aromatic ring is 1. The summed E-state index contributed by atoms with van der Waals surface area (Å²) in [5.41, 5.74) is 7.98. The minimum Gasteiger partial charge on any atom is -0.457 e. The number of hydrogen-bond donors (Lipinski definition) is 3. The van der Waals surface area contributed by atoms with E-state index in [0.29, 0.717) is 34.2 Å². The molecule has 0 radical (unpaired) electrons. The van der Waals surface area contributed by atoms with Gasteiger partial charge in [-0.1, -0.05) is 24.3 Å². The molecule has 39 heavy (non-hydrogen) atoms. The van der Waals surface area contributed by atoms with Crippen LogP contribution in [-0.2, 0) is 4.79 Å². The van der Waals surface area contributed by atoms with Crippen molar-refractivity contribution in [2.24, 2.45) is 5.92 Å². The maximum atomic E-state index is 12.6. The highest BCUT2D eigenvalue weighted by Gasteiger charge is 2.28. The summed E-state index contributed by atoms with van der Waals surface area (Å²) in [6, 6.07) is 19.2. The number of carbonyl (C=O) groups is 1. The summed E-state index contributed by atoms with van der Waals surface area (Å²) in [6.45, 7) is 1.79. The highest BCUT2D eigenvalue weighted by Crippen LogP contribution is 2.31. The third-order valence-electron chi connectivity index (χ3n) is 7.12. The first kappa shape index (κ1) is 26.2. The van der Waals surface area contributed by atoms with E-state index in [1.807, 2.05) is 60.7 Å². The average Bonchev–Trinajstić information content (AvgIpc) is 3.78. The molecule has 1 saturated carbocycles. The predicted octanol–water partition coefficient (Wildman–Crippen LogP) is 3.36. The molecule has 0 unspecified atom stereocenters. The summed E-state index contributed by atoms with van der Waals surface area (Å²) in [6.07, 6.45) is 7.11. The minimum absolute atomic E-state index is 0.0914. The molecule has 1 aromatic heterocycles. The average molecular weight is 523 g/mol. The van der Waals surface area contributed by atoms with Crippen LogP contribution in [0.2, 0.25) is 0 Å². The van der Waals surface area contributed by atoms with E-state index in [2.05, 4.69) is 26.3 Å². The number of para-hydroxylation sites is 1. The van der Waals surface area contributed by atoms with E-state index in [1.54, 1.807) is 0 Å². The lowest BCUT2D eigenvalue weighted by Crippen LogP contribution is -2.86. The second-order valence-electron chi connectivity index (χ2n) is 10.1. The Morgan fingerprint density at radius 3 is 2.44 bits per heavy atom. The predicted molar refractivity (Wildman–Crippen MR) is 148 cm³/mol. The second-order valence-corrected chi connectivity index (χ2v) is 10.1. The van der Waals surface area contributed by atoms with Crippen LogP contribution < -0.4 is 15.8 Å². The van der Waals surface area contributed by atoms with Crippen molar-refractivity contribution >= 4 is 23.1 Å². The lowest BCUT2D eigenvalue weighted by molar-refractivity contribution is -0.617. The van der Waals surface area contributed by atoms with Gasteiger partial charge in [-0.3, -0.25) is 20.4 Å². The summed E-state index contributed by atoms with van der Waals surface area (Å²) < 4.78 is 5.87. The number of nitrogens with one attached hydrogen (secondary N) is 1. The van der Waals surface area contributed by atoms with E-state index in [0.717, 1.165) is 44.5 Å². The molecule has 2 aliphatic rings. The van der Waals surface area contributed by atoms with E-state index in [1.165, 1.54) is 6.33 Å². The molecule has 1 saturated heterocycles. The van der Waals surface area contributed by atoms with Crippen LogP contribution in [-0.4, -0.2) is 52.0 Å². The molecule has 0 atom stereocenters. The zero-order valence-electron chi connectivity index (χ0n) is 21.7. The summed E-state index contributed by atoms with van der Waals surface area (Å²) >= 11 is 0. The molecule has 9 heteroatoms. The van der Waals surface area contributed by atoms with Crippen molar-refractivity contribution in [2.45, 2.75) is 31.7 Å². The number of ketones is 1. The first-order chi connectivity index (χ1) is 19.0. The molecule has 2 aromatic carbocycles. The number of nitrogens with two attached hydrogens (primary N) is 2. The number of ether oxygens (including phenoxy) is 1. The first-order valence-electron chi connectivity index (χ1n) is 13.2. The lowest BCUT2D eigenvalue weighted by Gasteiger charge is -2.30. The molecular formula is C30H32N7O2+. The number of piperidine rings is 1. The standard InChI is InChI=1S/C30H31N7O2/c31-17-22(16-20-6-7-20)26(38)18-37-14-12-23(13-15-37)36-30-27(29(33)34-19-35-30)28(32)21-8-10-25(11-9-21)39-24-4-2-1-3-5-24/h1-5,8-11,16,19-20,23,32H,6-7,12-15,18H2,(H3,33,34,35,36)/p+1. The number of carbonyl (C=O) groups excluding carboxylic acids is 1. The van der Waals surface area contributed by atoms with Gasteiger partial charge in [0.2, 0.25) is 5.82 Å². The van der Waals surface area contributed by atoms with Crippen LogP contribution in [0.4, 0.5) is 11.6 Å². The van der Waals surface area contributed by atoms with Crippen LogP contribution in [0, 0.1) is 22.7 Å². The van der Waals surface area contributed by atoms with Crippen molar-refractivity contribution in [2.75, 3.05) is 25.4 Å². The Bertz CT molecular complexity index is 1400. The normalized spacial score (nSPS) is 16.4. The zero-order valence-corrected chi connectivity index (χ0v) is 21.7. The second kappa shape index (κ2) is 12.0. The number of allylic oxidation sites excluding steroid dienone is 1. The van der Waals surface area contributed by atoms with Crippen molar-refractivity contribution in [3.05, 3.63) is 83.7 Å². The van der Waals surface area contributed by atoms with Gasteiger partial charge in [-0.15, -0.1) is 0 Å². The fraction of sp³-hybridized carbons (Fsp3) is 0.300. The number of hydrogen-bond acceptors (Lipinski definition) is 8. The van der Waals surface area contributed by atoms with Gasteiger partial charge in [-0.05, 0) is 55.2 Å². The highest BCUT2D eigenvalue weighted by molar-refractivity contribution is 6.15.